The Kier molecular flexibility index (Phi) is 6.89. The van der Waals surface area contributed by atoms with Gasteiger partial charge in [0.1, 0.15) is 0 Å². The molecule has 2 amide bonds. The molecule has 6 nitrogen and oxygen atoms in total. The molecule has 2 aromatic rings. The molecule has 4 rings (SSSR count). The van der Waals surface area contributed by atoms with Crippen LogP contribution in [0.2, 0.25) is 0 Å². The van der Waals surface area contributed by atoms with Gasteiger partial charge >= 0.3 is 0 Å². The molecule has 34 heavy (non-hydrogen) atoms. The van der Waals surface area contributed by atoms with E-state index in [-0.39, 0.29) is 11.8 Å². The van der Waals surface area contributed by atoms with Gasteiger partial charge in [-0.1, -0.05) is 60.7 Å². The van der Waals surface area contributed by atoms with Gasteiger partial charge in [0.05, 0.1) is 22.8 Å². The summed E-state index contributed by atoms with van der Waals surface area (Å²) in [5.74, 6) is -0.325. The van der Waals surface area contributed by atoms with Crippen LogP contribution in [0.1, 0.15) is 13.8 Å². The van der Waals surface area contributed by atoms with Gasteiger partial charge in [-0.3, -0.25) is 9.59 Å². The van der Waals surface area contributed by atoms with E-state index < -0.39 is 0 Å². The number of nitrogens with zero attached hydrogens (tertiary/aromatic N) is 4. The van der Waals surface area contributed by atoms with Gasteiger partial charge < -0.3 is 0 Å². The first-order chi connectivity index (χ1) is 16.5. The van der Waals surface area contributed by atoms with E-state index in [2.05, 4.69) is 10.2 Å². The Morgan fingerprint density at radius 1 is 0.529 bits per heavy atom. The van der Waals surface area contributed by atoms with Crippen molar-refractivity contribution in [3.63, 3.8) is 0 Å². The van der Waals surface area contributed by atoms with Crippen LogP contribution in [-0.2, 0) is 9.59 Å². The number of allylic oxidation sites excluding steroid dienone is 10. The quantitative estimate of drug-likeness (QED) is 0.592. The summed E-state index contributed by atoms with van der Waals surface area (Å²) in [5, 5.41) is 11.7. The van der Waals surface area contributed by atoms with Crippen LogP contribution in [0.3, 0.4) is 0 Å². The Morgan fingerprint density at radius 3 is 1.15 bits per heavy atom. The molecule has 0 aromatic heterocycles. The number of anilines is 2. The monoisotopic (exact) mass is 448 g/mol. The summed E-state index contributed by atoms with van der Waals surface area (Å²) in [6.45, 7) is 2.98. The van der Waals surface area contributed by atoms with Crippen molar-refractivity contribution in [1.29, 1.82) is 0 Å². The van der Waals surface area contributed by atoms with Crippen LogP contribution in [0, 0.1) is 0 Å². The smallest absolute Gasteiger partial charge is 0.244 e. The second-order valence-electron chi connectivity index (χ2n) is 7.63. The molecule has 0 spiro atoms. The Morgan fingerprint density at radius 2 is 0.853 bits per heavy atom. The van der Waals surface area contributed by atoms with Gasteiger partial charge in [0.25, 0.3) is 0 Å². The van der Waals surface area contributed by atoms with Crippen LogP contribution in [0.15, 0.2) is 131 Å². The third kappa shape index (κ3) is 5.42. The minimum absolute atomic E-state index is 0.162. The molecule has 2 aliphatic rings. The number of rotatable bonds is 4. The number of amides is 2. The summed E-state index contributed by atoms with van der Waals surface area (Å²) >= 11 is 0. The topological polar surface area (TPSA) is 65.3 Å². The fourth-order valence-corrected chi connectivity index (χ4v) is 3.43. The van der Waals surface area contributed by atoms with Gasteiger partial charge in [0, 0.05) is 13.8 Å². The van der Waals surface area contributed by atoms with Gasteiger partial charge in [-0.2, -0.15) is 10.2 Å². The van der Waals surface area contributed by atoms with Crippen molar-refractivity contribution in [2.45, 2.75) is 13.8 Å². The first-order valence-electron chi connectivity index (χ1n) is 10.9. The normalized spacial score (nSPS) is 14.3. The average molecular weight is 449 g/mol. The number of benzene rings is 2. The zero-order valence-electron chi connectivity index (χ0n) is 19.0. The highest BCUT2D eigenvalue weighted by Crippen LogP contribution is 2.21. The van der Waals surface area contributed by atoms with E-state index in [0.29, 0.717) is 22.8 Å². The van der Waals surface area contributed by atoms with E-state index in [4.69, 9.17) is 0 Å². The molecule has 0 atom stereocenters. The van der Waals surface area contributed by atoms with Gasteiger partial charge in [0.2, 0.25) is 11.8 Å². The van der Waals surface area contributed by atoms with Gasteiger partial charge in [0.15, 0.2) is 0 Å². The molecule has 0 fully saturated rings. The van der Waals surface area contributed by atoms with Crippen molar-refractivity contribution >= 4 is 34.6 Å². The highest BCUT2D eigenvalue weighted by Gasteiger charge is 2.13. The van der Waals surface area contributed by atoms with Crippen LogP contribution in [-0.4, -0.2) is 23.2 Å². The SMILES string of the molecule is CC(=O)N(N=C1C=CC(=C2C=CC(=NN(C(C)=O)c3ccccc3)C=C2)C=C1)c1ccccc1. The van der Waals surface area contributed by atoms with E-state index in [9.17, 15) is 9.59 Å². The molecule has 0 saturated heterocycles. The fraction of sp³-hybridized carbons (Fsp3) is 0.0714. The molecule has 0 unspecified atom stereocenters. The van der Waals surface area contributed by atoms with Crippen LogP contribution in [0.5, 0.6) is 0 Å². The second-order valence-corrected chi connectivity index (χ2v) is 7.63. The van der Waals surface area contributed by atoms with E-state index >= 15 is 0 Å². The van der Waals surface area contributed by atoms with Crippen molar-refractivity contribution in [3.05, 3.63) is 120 Å². The Balaban J connectivity index is 1.51. The summed E-state index contributed by atoms with van der Waals surface area (Å²) in [7, 11) is 0. The molecule has 0 radical (unpaired) electrons. The minimum atomic E-state index is -0.162. The zero-order chi connectivity index (χ0) is 23.9. The fourth-order valence-electron chi connectivity index (χ4n) is 3.43. The molecular weight excluding hydrogens is 424 g/mol. The van der Waals surface area contributed by atoms with Gasteiger partial charge in [-0.25, -0.2) is 10.0 Å². The molecule has 2 aliphatic carbocycles. The average Bonchev–Trinajstić information content (AvgIpc) is 2.87. The third-order valence-corrected chi connectivity index (χ3v) is 5.10. The lowest BCUT2D eigenvalue weighted by molar-refractivity contribution is -0.117. The first-order valence-corrected chi connectivity index (χ1v) is 10.9. The molecule has 2 aromatic carbocycles. The van der Waals surface area contributed by atoms with E-state index in [0.717, 1.165) is 11.1 Å². The molecule has 0 saturated carbocycles. The molecule has 168 valence electrons. The molecule has 0 bridgehead atoms. The number of hydrogen-bond acceptors (Lipinski definition) is 4. The maximum absolute atomic E-state index is 12.1. The standard InChI is InChI=1S/C28H24N4O2/c1-21(33)31(27-9-5-3-6-10-27)29-25-17-13-23(14-18-25)24-15-19-26(20-16-24)30-32(22(2)34)28-11-7-4-8-12-28/h3-20H,1-2H3. The van der Waals surface area contributed by atoms with E-state index in [1.807, 2.05) is 109 Å². The van der Waals surface area contributed by atoms with Crippen LogP contribution in [0.4, 0.5) is 11.4 Å². The number of hydrazone groups is 2. The van der Waals surface area contributed by atoms with Gasteiger partial charge in [-0.05, 0) is 59.7 Å². The molecule has 6 heteroatoms. The first kappa shape index (κ1) is 22.6. The maximum Gasteiger partial charge on any atom is 0.244 e. The number of hydrogen-bond donors (Lipinski definition) is 0. The Labute approximate surface area is 198 Å². The summed E-state index contributed by atoms with van der Waals surface area (Å²) in [4.78, 5) is 24.2. The van der Waals surface area contributed by atoms with Crippen molar-refractivity contribution in [1.82, 2.24) is 0 Å². The summed E-state index contributed by atoms with van der Waals surface area (Å²) in [6.07, 6.45) is 15.3. The predicted octanol–water partition coefficient (Wildman–Crippen LogP) is 5.35. The van der Waals surface area contributed by atoms with E-state index in [1.165, 1.54) is 23.9 Å². The number of carbonyl (C=O) groups excluding carboxylic acids is 2. The van der Waals surface area contributed by atoms with Crippen LogP contribution in [0.25, 0.3) is 0 Å². The maximum atomic E-state index is 12.1. The second kappa shape index (κ2) is 10.4. The highest BCUT2D eigenvalue weighted by molar-refractivity contribution is 6.09. The Hall–Kier alpha value is -4.58. The summed E-state index contributed by atoms with van der Waals surface area (Å²) in [5.41, 5.74) is 4.79. The molecule has 0 aliphatic heterocycles. The highest BCUT2D eigenvalue weighted by atomic mass is 16.2. The third-order valence-electron chi connectivity index (χ3n) is 5.10. The van der Waals surface area contributed by atoms with E-state index in [1.54, 1.807) is 0 Å². The van der Waals surface area contributed by atoms with Crippen LogP contribution >= 0.6 is 0 Å². The molecule has 0 N–H and O–H groups in total. The van der Waals surface area contributed by atoms with Crippen LogP contribution < -0.4 is 10.0 Å². The van der Waals surface area contributed by atoms with Gasteiger partial charge in [-0.15, -0.1) is 0 Å². The summed E-state index contributed by atoms with van der Waals surface area (Å²) in [6, 6.07) is 18.7. The minimum Gasteiger partial charge on any atom is -0.273 e. The summed E-state index contributed by atoms with van der Waals surface area (Å²) < 4.78 is 0. The number of carbonyl (C=O) groups is 2. The predicted molar refractivity (Wildman–Crippen MR) is 138 cm³/mol. The zero-order valence-corrected chi connectivity index (χ0v) is 19.0. The lowest BCUT2D eigenvalue weighted by Gasteiger charge is -2.17. The largest absolute Gasteiger partial charge is 0.273 e. The Bertz CT molecular complexity index is 1160. The lowest BCUT2D eigenvalue weighted by atomic mass is 9.98. The van der Waals surface area contributed by atoms with Crippen molar-refractivity contribution in [2.24, 2.45) is 10.2 Å². The molecule has 0 heterocycles. The van der Waals surface area contributed by atoms with Crippen molar-refractivity contribution in [2.75, 3.05) is 10.0 Å². The van der Waals surface area contributed by atoms with Crippen molar-refractivity contribution < 1.29 is 9.59 Å². The molecular formula is C28H24N4O2. The number of para-hydroxylation sites is 2. The lowest BCUT2D eigenvalue weighted by Crippen LogP contribution is -2.23. The van der Waals surface area contributed by atoms with Crippen molar-refractivity contribution in [3.8, 4) is 0 Å².